The van der Waals surface area contributed by atoms with Crippen LogP contribution in [0, 0.1) is 0 Å². The number of hydrogen-bond acceptors (Lipinski definition) is 5. The number of carbonyl (C=O) groups is 2. The fourth-order valence-electron chi connectivity index (χ4n) is 4.75. The maximum absolute atomic E-state index is 12.2. The first kappa shape index (κ1) is 28.1. The Hall–Kier alpha value is -3.43. The van der Waals surface area contributed by atoms with Gasteiger partial charge >= 0.3 is 5.97 Å². The van der Waals surface area contributed by atoms with Crippen molar-refractivity contribution in [2.24, 2.45) is 0 Å². The van der Waals surface area contributed by atoms with Crippen LogP contribution < -0.4 is 9.80 Å². The molecule has 1 amide bonds. The lowest BCUT2D eigenvalue weighted by Gasteiger charge is -2.32. The summed E-state index contributed by atoms with van der Waals surface area (Å²) < 4.78 is 33.2. The fourth-order valence-corrected chi connectivity index (χ4v) is 5.25. The van der Waals surface area contributed by atoms with Crippen LogP contribution in [0.4, 0.5) is 11.4 Å². The summed E-state index contributed by atoms with van der Waals surface area (Å²) in [6.07, 6.45) is 9.63. The molecular weight excluding hydrogens is 492 g/mol. The standard InChI is InChI=1S/C28H34N2O6S/c1-21(31)29(22-12-6-4-7-13-22)18-11-9-14-26-28(2,3)24-20-23(37(34,35)36)16-17-25(24)30(26)19-10-5-8-15-27(32)33/h4,6-7,9,11-14,16-18,20,26H,5,8,10,15,19H2,1-3H3,(H,32,33)(H,34,35,36)/b14-9+,18-11+. The number of carboxylic acids is 1. The molecule has 0 aromatic heterocycles. The number of rotatable bonds is 11. The van der Waals surface area contributed by atoms with Gasteiger partial charge < -0.3 is 10.0 Å². The molecule has 1 unspecified atom stereocenters. The van der Waals surface area contributed by atoms with Gasteiger partial charge in [0.15, 0.2) is 0 Å². The number of allylic oxidation sites excluding steroid dienone is 2. The average molecular weight is 527 g/mol. The Bertz CT molecular complexity index is 1290. The van der Waals surface area contributed by atoms with E-state index in [1.807, 2.05) is 56.3 Å². The van der Waals surface area contributed by atoms with E-state index in [9.17, 15) is 22.6 Å². The van der Waals surface area contributed by atoms with Crippen LogP contribution in [0.25, 0.3) is 0 Å². The molecule has 1 atom stereocenters. The van der Waals surface area contributed by atoms with Crippen molar-refractivity contribution in [2.45, 2.75) is 62.8 Å². The highest BCUT2D eigenvalue weighted by Gasteiger charge is 2.43. The van der Waals surface area contributed by atoms with Gasteiger partial charge in [-0.05, 0) is 54.8 Å². The fraction of sp³-hybridized carbons (Fsp3) is 0.357. The molecule has 0 bridgehead atoms. The van der Waals surface area contributed by atoms with Gasteiger partial charge in [-0.25, -0.2) is 0 Å². The number of anilines is 2. The molecule has 2 aromatic rings. The second-order valence-corrected chi connectivity index (χ2v) is 11.1. The predicted molar refractivity (Wildman–Crippen MR) is 144 cm³/mol. The van der Waals surface area contributed by atoms with Crippen molar-refractivity contribution < 1.29 is 27.7 Å². The molecule has 0 fully saturated rings. The van der Waals surface area contributed by atoms with E-state index < -0.39 is 21.5 Å². The van der Waals surface area contributed by atoms with E-state index in [0.29, 0.717) is 13.0 Å². The van der Waals surface area contributed by atoms with Crippen LogP contribution in [0.5, 0.6) is 0 Å². The smallest absolute Gasteiger partial charge is 0.303 e. The van der Waals surface area contributed by atoms with Crippen LogP contribution >= 0.6 is 0 Å². The van der Waals surface area contributed by atoms with Crippen LogP contribution in [0.2, 0.25) is 0 Å². The van der Waals surface area contributed by atoms with Gasteiger partial charge in [0.25, 0.3) is 10.1 Å². The lowest BCUT2D eigenvalue weighted by Crippen LogP contribution is -2.40. The third-order valence-electron chi connectivity index (χ3n) is 6.65. The van der Waals surface area contributed by atoms with Crippen LogP contribution in [0.3, 0.4) is 0 Å². The number of fused-ring (bicyclic) bond motifs is 1. The van der Waals surface area contributed by atoms with E-state index in [1.165, 1.54) is 19.1 Å². The minimum atomic E-state index is -4.35. The van der Waals surface area contributed by atoms with Crippen LogP contribution in [-0.4, -0.2) is 42.5 Å². The number of carbonyl (C=O) groups excluding carboxylic acids is 1. The highest BCUT2D eigenvalue weighted by atomic mass is 32.2. The van der Waals surface area contributed by atoms with Crippen molar-refractivity contribution >= 4 is 33.4 Å². The maximum Gasteiger partial charge on any atom is 0.303 e. The third-order valence-corrected chi connectivity index (χ3v) is 7.50. The molecule has 3 rings (SSSR count). The molecule has 9 heteroatoms. The summed E-state index contributed by atoms with van der Waals surface area (Å²) in [6, 6.07) is 13.8. The zero-order valence-corrected chi connectivity index (χ0v) is 22.2. The maximum atomic E-state index is 12.2. The Morgan fingerprint density at radius 2 is 1.76 bits per heavy atom. The first-order chi connectivity index (χ1) is 17.4. The lowest BCUT2D eigenvalue weighted by molar-refractivity contribution is -0.137. The van der Waals surface area contributed by atoms with Gasteiger partial charge in [-0.2, -0.15) is 8.42 Å². The number of aliphatic carboxylic acids is 1. The predicted octanol–water partition coefficient (Wildman–Crippen LogP) is 5.17. The zero-order valence-electron chi connectivity index (χ0n) is 21.4. The number of para-hydroxylation sites is 1. The minimum Gasteiger partial charge on any atom is -0.481 e. The second-order valence-electron chi connectivity index (χ2n) is 9.67. The van der Waals surface area contributed by atoms with Gasteiger partial charge in [-0.1, -0.05) is 50.6 Å². The zero-order chi connectivity index (χ0) is 27.2. The molecule has 0 radical (unpaired) electrons. The summed E-state index contributed by atoms with van der Waals surface area (Å²) >= 11 is 0. The summed E-state index contributed by atoms with van der Waals surface area (Å²) in [7, 11) is -4.35. The number of nitrogens with zero attached hydrogens (tertiary/aromatic N) is 2. The van der Waals surface area contributed by atoms with Crippen molar-refractivity contribution in [1.29, 1.82) is 0 Å². The summed E-state index contributed by atoms with van der Waals surface area (Å²) in [4.78, 5) is 26.6. The van der Waals surface area contributed by atoms with Crippen molar-refractivity contribution in [3.8, 4) is 0 Å². The molecular formula is C28H34N2O6S. The Morgan fingerprint density at radius 3 is 2.38 bits per heavy atom. The van der Waals surface area contributed by atoms with E-state index in [-0.39, 0.29) is 23.3 Å². The molecule has 1 heterocycles. The lowest BCUT2D eigenvalue weighted by atomic mass is 9.80. The molecule has 2 N–H and O–H groups in total. The van der Waals surface area contributed by atoms with E-state index in [4.69, 9.17) is 5.11 Å². The molecule has 0 spiro atoms. The van der Waals surface area contributed by atoms with Gasteiger partial charge in [0, 0.05) is 42.9 Å². The SMILES string of the molecule is CC(=O)N(/C=C/C=C/C1N(CCCCCC(=O)O)c2ccc(S(=O)(=O)O)cc2C1(C)C)c1ccccc1. The summed E-state index contributed by atoms with van der Waals surface area (Å²) in [5, 5.41) is 8.90. The molecule has 0 aliphatic carbocycles. The topological polar surface area (TPSA) is 115 Å². The largest absolute Gasteiger partial charge is 0.481 e. The normalized spacial score (nSPS) is 16.9. The minimum absolute atomic E-state index is 0.120. The average Bonchev–Trinajstić information content (AvgIpc) is 3.04. The van der Waals surface area contributed by atoms with Crippen molar-refractivity contribution in [3.63, 3.8) is 0 Å². The van der Waals surface area contributed by atoms with Gasteiger partial charge in [0.2, 0.25) is 5.91 Å². The van der Waals surface area contributed by atoms with E-state index in [0.717, 1.165) is 29.8 Å². The number of carboxylic acid groups (broad SMARTS) is 1. The Morgan fingerprint density at radius 1 is 1.05 bits per heavy atom. The van der Waals surface area contributed by atoms with Crippen LogP contribution in [0.1, 0.15) is 52.0 Å². The van der Waals surface area contributed by atoms with Crippen molar-refractivity contribution in [3.05, 3.63) is 78.5 Å². The van der Waals surface area contributed by atoms with E-state index >= 15 is 0 Å². The second kappa shape index (κ2) is 11.7. The molecule has 1 aliphatic rings. The first-order valence-electron chi connectivity index (χ1n) is 12.2. The van der Waals surface area contributed by atoms with Gasteiger partial charge in [0.05, 0.1) is 10.9 Å². The van der Waals surface area contributed by atoms with E-state index in [2.05, 4.69) is 4.90 Å². The Balaban J connectivity index is 1.87. The van der Waals surface area contributed by atoms with E-state index in [1.54, 1.807) is 23.2 Å². The summed E-state index contributed by atoms with van der Waals surface area (Å²) in [5.41, 5.74) is 1.96. The molecule has 0 saturated carbocycles. The number of unbranched alkanes of at least 4 members (excludes halogenated alkanes) is 2. The number of hydrogen-bond donors (Lipinski definition) is 2. The summed E-state index contributed by atoms with van der Waals surface area (Å²) in [5.74, 6) is -0.932. The Kier molecular flexibility index (Phi) is 8.94. The van der Waals surface area contributed by atoms with Crippen LogP contribution in [0.15, 0.2) is 77.9 Å². The monoisotopic (exact) mass is 526 g/mol. The molecule has 8 nitrogen and oxygen atoms in total. The van der Waals surface area contributed by atoms with Gasteiger partial charge in [-0.15, -0.1) is 0 Å². The number of amides is 1. The van der Waals surface area contributed by atoms with Crippen LogP contribution in [-0.2, 0) is 25.1 Å². The highest BCUT2D eigenvalue weighted by Crippen LogP contribution is 2.46. The molecule has 2 aromatic carbocycles. The highest BCUT2D eigenvalue weighted by molar-refractivity contribution is 7.85. The molecule has 37 heavy (non-hydrogen) atoms. The quantitative estimate of drug-likeness (QED) is 0.236. The molecule has 1 aliphatic heterocycles. The Labute approximate surface area is 218 Å². The van der Waals surface area contributed by atoms with Gasteiger partial charge in [0.1, 0.15) is 0 Å². The molecule has 0 saturated heterocycles. The third kappa shape index (κ3) is 6.87. The van der Waals surface area contributed by atoms with Crippen molar-refractivity contribution in [2.75, 3.05) is 16.3 Å². The first-order valence-corrected chi connectivity index (χ1v) is 13.7. The van der Waals surface area contributed by atoms with Crippen molar-refractivity contribution in [1.82, 2.24) is 0 Å². The summed E-state index contributed by atoms with van der Waals surface area (Å²) in [6.45, 7) is 6.20. The molecule has 198 valence electrons. The number of benzene rings is 2. The van der Waals surface area contributed by atoms with Gasteiger partial charge in [-0.3, -0.25) is 19.0 Å².